The third kappa shape index (κ3) is 1.88. The number of nitro groups is 1. The van der Waals surface area contributed by atoms with Gasteiger partial charge in [-0.05, 0) is 16.8 Å². The number of aromatic nitrogens is 2. The topological polar surface area (TPSA) is 68.9 Å². The molecule has 0 amide bonds. The molecule has 16 heavy (non-hydrogen) atoms. The van der Waals surface area contributed by atoms with Crippen LogP contribution in [0, 0.1) is 17.0 Å². The fourth-order valence-electron chi connectivity index (χ4n) is 1.39. The molecular formula is C11H9N3O2. The molecule has 5 heteroatoms. The molecule has 5 nitrogen and oxygen atoms in total. The minimum atomic E-state index is -0.519. The molecule has 0 N–H and O–H groups in total. The third-order valence-electron chi connectivity index (χ3n) is 2.09. The van der Waals surface area contributed by atoms with E-state index in [4.69, 9.17) is 0 Å². The van der Waals surface area contributed by atoms with Crippen LogP contribution in [0.2, 0.25) is 0 Å². The molecule has 0 saturated heterocycles. The molecule has 0 bridgehead atoms. The van der Waals surface area contributed by atoms with E-state index in [9.17, 15) is 10.1 Å². The van der Waals surface area contributed by atoms with Crippen molar-refractivity contribution in [3.05, 3.63) is 52.3 Å². The fourth-order valence-corrected chi connectivity index (χ4v) is 1.39. The Morgan fingerprint density at radius 1 is 1.25 bits per heavy atom. The van der Waals surface area contributed by atoms with Gasteiger partial charge in [0.1, 0.15) is 0 Å². The summed E-state index contributed by atoms with van der Waals surface area (Å²) in [4.78, 5) is 18.2. The molecule has 0 unspecified atom stereocenters. The average molecular weight is 215 g/mol. The molecule has 2 rings (SSSR count). The molecule has 0 radical (unpaired) electrons. The van der Waals surface area contributed by atoms with E-state index < -0.39 is 4.92 Å². The van der Waals surface area contributed by atoms with Gasteiger partial charge in [0.05, 0.1) is 5.69 Å². The van der Waals surface area contributed by atoms with Crippen LogP contribution in [0.4, 0.5) is 5.82 Å². The fraction of sp³-hybridized carbons (Fsp3) is 0.0909. The number of rotatable bonds is 2. The van der Waals surface area contributed by atoms with E-state index in [1.165, 1.54) is 6.20 Å². The van der Waals surface area contributed by atoms with E-state index in [-0.39, 0.29) is 5.82 Å². The highest BCUT2D eigenvalue weighted by molar-refractivity contribution is 5.66. The summed E-state index contributed by atoms with van der Waals surface area (Å²) in [5.41, 5.74) is 1.67. The number of nitrogens with zero attached hydrogens (tertiary/aromatic N) is 3. The second-order valence-corrected chi connectivity index (χ2v) is 3.31. The van der Waals surface area contributed by atoms with Crippen molar-refractivity contribution in [1.82, 2.24) is 9.97 Å². The first-order chi connectivity index (χ1) is 7.68. The van der Waals surface area contributed by atoms with Crippen LogP contribution >= 0.6 is 0 Å². The van der Waals surface area contributed by atoms with Crippen molar-refractivity contribution in [2.75, 3.05) is 0 Å². The molecule has 0 aliphatic carbocycles. The van der Waals surface area contributed by atoms with Gasteiger partial charge in [-0.3, -0.25) is 0 Å². The normalized spacial score (nSPS) is 10.1. The van der Waals surface area contributed by atoms with E-state index in [0.717, 1.165) is 0 Å². The van der Waals surface area contributed by atoms with Gasteiger partial charge in [-0.25, -0.2) is 4.98 Å². The Labute approximate surface area is 91.9 Å². The van der Waals surface area contributed by atoms with Crippen molar-refractivity contribution in [3.8, 4) is 11.3 Å². The van der Waals surface area contributed by atoms with Gasteiger partial charge in [0.2, 0.25) is 0 Å². The predicted molar refractivity (Wildman–Crippen MR) is 58.9 cm³/mol. The molecule has 2 aromatic rings. The minimum Gasteiger partial charge on any atom is -0.358 e. The predicted octanol–water partition coefficient (Wildman–Crippen LogP) is 2.36. The third-order valence-corrected chi connectivity index (χ3v) is 2.09. The van der Waals surface area contributed by atoms with Crippen molar-refractivity contribution in [2.45, 2.75) is 6.92 Å². The summed E-state index contributed by atoms with van der Waals surface area (Å²) in [5.74, 6) is -0.211. The first-order valence-corrected chi connectivity index (χ1v) is 4.72. The van der Waals surface area contributed by atoms with E-state index in [0.29, 0.717) is 17.0 Å². The maximum atomic E-state index is 10.8. The molecule has 1 heterocycles. The van der Waals surface area contributed by atoms with E-state index in [1.807, 2.05) is 18.2 Å². The van der Waals surface area contributed by atoms with Crippen LogP contribution in [-0.4, -0.2) is 14.9 Å². The second kappa shape index (κ2) is 4.06. The Balaban J connectivity index is 2.63. The zero-order valence-corrected chi connectivity index (χ0v) is 8.62. The smallest absolute Gasteiger partial charge is 0.358 e. The largest absolute Gasteiger partial charge is 0.390 e. The maximum absolute atomic E-state index is 10.8. The summed E-state index contributed by atoms with van der Waals surface area (Å²) in [6.07, 6.45) is 1.39. The van der Waals surface area contributed by atoms with Crippen LogP contribution in [-0.2, 0) is 0 Å². The minimum absolute atomic E-state index is 0.211. The molecule has 0 spiro atoms. The number of hydrogen-bond acceptors (Lipinski definition) is 4. The van der Waals surface area contributed by atoms with Gasteiger partial charge in [0.15, 0.2) is 11.9 Å². The lowest BCUT2D eigenvalue weighted by Gasteiger charge is -2.01. The van der Waals surface area contributed by atoms with Crippen LogP contribution in [0.3, 0.4) is 0 Å². The Bertz CT molecular complexity index is 526. The lowest BCUT2D eigenvalue weighted by atomic mass is 10.1. The Morgan fingerprint density at radius 2 is 1.94 bits per heavy atom. The Morgan fingerprint density at radius 3 is 2.56 bits per heavy atom. The van der Waals surface area contributed by atoms with Gasteiger partial charge in [-0.15, -0.1) is 0 Å². The first kappa shape index (κ1) is 10.2. The van der Waals surface area contributed by atoms with E-state index in [2.05, 4.69) is 9.97 Å². The van der Waals surface area contributed by atoms with Crippen molar-refractivity contribution < 1.29 is 4.92 Å². The molecular weight excluding hydrogens is 206 g/mol. The summed E-state index contributed by atoms with van der Waals surface area (Å²) >= 11 is 0. The monoisotopic (exact) mass is 215 g/mol. The molecule has 0 aliphatic rings. The van der Waals surface area contributed by atoms with Crippen molar-refractivity contribution >= 4 is 5.82 Å². The van der Waals surface area contributed by atoms with Crippen LogP contribution in [0.1, 0.15) is 5.69 Å². The van der Waals surface area contributed by atoms with Gasteiger partial charge in [0.25, 0.3) is 0 Å². The lowest BCUT2D eigenvalue weighted by Crippen LogP contribution is -1.99. The molecule has 1 aromatic heterocycles. The highest BCUT2D eigenvalue weighted by atomic mass is 16.6. The van der Waals surface area contributed by atoms with Gasteiger partial charge in [-0.2, -0.15) is 0 Å². The molecule has 1 aromatic carbocycles. The molecule has 0 aliphatic heterocycles. The Hall–Kier alpha value is -2.30. The lowest BCUT2D eigenvalue weighted by molar-refractivity contribution is -0.389. The average Bonchev–Trinajstić information content (AvgIpc) is 2.29. The van der Waals surface area contributed by atoms with E-state index >= 15 is 0 Å². The van der Waals surface area contributed by atoms with Gasteiger partial charge in [-0.1, -0.05) is 30.3 Å². The zero-order valence-electron chi connectivity index (χ0n) is 8.62. The van der Waals surface area contributed by atoms with Crippen LogP contribution in [0.25, 0.3) is 11.3 Å². The molecule has 0 saturated carbocycles. The van der Waals surface area contributed by atoms with Crippen molar-refractivity contribution in [3.63, 3.8) is 0 Å². The zero-order chi connectivity index (χ0) is 11.5. The first-order valence-electron chi connectivity index (χ1n) is 4.72. The molecule has 0 atom stereocenters. The highest BCUT2D eigenvalue weighted by Gasteiger charge is 2.18. The van der Waals surface area contributed by atoms with Crippen molar-refractivity contribution in [2.24, 2.45) is 0 Å². The standard InChI is InChI=1S/C11H9N3O2/c1-8-7-12-11(14(15)16)10(13-8)9-5-3-2-4-6-9/h2-7H,1H3. The van der Waals surface area contributed by atoms with Crippen LogP contribution < -0.4 is 0 Å². The summed E-state index contributed by atoms with van der Waals surface area (Å²) in [5, 5.41) is 10.8. The summed E-state index contributed by atoms with van der Waals surface area (Å²) in [6.45, 7) is 1.75. The molecule has 0 fully saturated rings. The SMILES string of the molecule is Cc1cnc([N+](=O)[O-])c(-c2ccccc2)n1. The summed E-state index contributed by atoms with van der Waals surface area (Å²) in [7, 11) is 0. The quantitative estimate of drug-likeness (QED) is 0.569. The van der Waals surface area contributed by atoms with Crippen molar-refractivity contribution in [1.29, 1.82) is 0 Å². The van der Waals surface area contributed by atoms with E-state index in [1.54, 1.807) is 19.1 Å². The number of aryl methyl sites for hydroxylation is 1. The van der Waals surface area contributed by atoms with Gasteiger partial charge >= 0.3 is 5.82 Å². The maximum Gasteiger partial charge on any atom is 0.390 e. The highest BCUT2D eigenvalue weighted by Crippen LogP contribution is 2.25. The van der Waals surface area contributed by atoms with Gasteiger partial charge in [0, 0.05) is 5.56 Å². The van der Waals surface area contributed by atoms with Gasteiger partial charge < -0.3 is 10.1 Å². The number of benzene rings is 1. The molecule has 80 valence electrons. The van der Waals surface area contributed by atoms with Crippen LogP contribution in [0.15, 0.2) is 36.5 Å². The second-order valence-electron chi connectivity index (χ2n) is 3.31. The number of hydrogen-bond donors (Lipinski definition) is 0. The Kier molecular flexibility index (Phi) is 2.59. The summed E-state index contributed by atoms with van der Waals surface area (Å²) in [6, 6.07) is 9.01. The summed E-state index contributed by atoms with van der Waals surface area (Å²) < 4.78 is 0. The van der Waals surface area contributed by atoms with Crippen LogP contribution in [0.5, 0.6) is 0 Å².